The molecule has 3 atom stereocenters. The minimum absolute atomic E-state index is 0.102. The van der Waals surface area contributed by atoms with Crippen molar-refractivity contribution in [2.24, 2.45) is 16.7 Å². The maximum Gasteiger partial charge on any atom is 0.410 e. The van der Waals surface area contributed by atoms with Crippen LogP contribution < -0.4 is 0 Å². The summed E-state index contributed by atoms with van der Waals surface area (Å²) in [4.78, 5) is 25.7. The third kappa shape index (κ3) is 1.53. The van der Waals surface area contributed by atoms with Crippen molar-refractivity contribution in [1.29, 1.82) is 0 Å². The quantitative estimate of drug-likeness (QED) is 0.628. The fraction of sp³-hybridized carbons (Fsp3) is 0.857. The molecule has 0 aromatic heterocycles. The highest BCUT2D eigenvalue weighted by Crippen LogP contribution is 2.67. The summed E-state index contributed by atoms with van der Waals surface area (Å²) in [7, 11) is 0. The van der Waals surface area contributed by atoms with Gasteiger partial charge in [0.05, 0.1) is 5.41 Å². The monoisotopic (exact) mass is 267 g/mol. The highest BCUT2D eigenvalue weighted by molar-refractivity contribution is 5.82. The average molecular weight is 267 g/mol. The lowest BCUT2D eigenvalue weighted by Gasteiger charge is -2.51. The predicted molar refractivity (Wildman–Crippen MR) is 67.4 cm³/mol. The van der Waals surface area contributed by atoms with Crippen LogP contribution in [0, 0.1) is 16.7 Å². The van der Waals surface area contributed by atoms with Crippen LogP contribution in [-0.2, 0) is 14.3 Å². The molecule has 3 rings (SSSR count). The molecule has 1 aliphatic carbocycles. The maximum absolute atomic E-state index is 12.1. The number of carbonyl (C=O) groups is 2. The Hall–Kier alpha value is -1.26. The standard InChI is InChI=1S/C14H21NO4/c1-12(2,3)19-11(17)15-6-9-5-13(4)10(16)18-8-14(9,13)7-15/h9H,5-8H2,1-4H3. The number of esters is 1. The van der Waals surface area contributed by atoms with E-state index < -0.39 is 11.0 Å². The summed E-state index contributed by atoms with van der Waals surface area (Å²) in [5.41, 5.74) is -1.04. The smallest absolute Gasteiger partial charge is 0.410 e. The van der Waals surface area contributed by atoms with Crippen LogP contribution in [0.3, 0.4) is 0 Å². The molecule has 1 saturated carbocycles. The molecule has 1 spiro atoms. The topological polar surface area (TPSA) is 55.8 Å². The van der Waals surface area contributed by atoms with E-state index in [9.17, 15) is 9.59 Å². The van der Waals surface area contributed by atoms with Crippen molar-refractivity contribution < 1.29 is 19.1 Å². The summed E-state index contributed by atoms with van der Waals surface area (Å²) in [6, 6.07) is 0. The molecule has 0 aromatic carbocycles. The molecule has 0 N–H and O–H groups in total. The van der Waals surface area contributed by atoms with Gasteiger partial charge < -0.3 is 14.4 Å². The van der Waals surface area contributed by atoms with Gasteiger partial charge in [-0.15, -0.1) is 0 Å². The predicted octanol–water partition coefficient (Wildman–Crippen LogP) is 1.81. The zero-order chi connectivity index (χ0) is 14.1. The molecule has 2 aliphatic heterocycles. The Morgan fingerprint density at radius 3 is 2.74 bits per heavy atom. The van der Waals surface area contributed by atoms with Gasteiger partial charge in [0.1, 0.15) is 12.2 Å². The van der Waals surface area contributed by atoms with E-state index in [2.05, 4.69) is 0 Å². The molecule has 19 heavy (non-hydrogen) atoms. The van der Waals surface area contributed by atoms with E-state index in [0.717, 1.165) is 6.42 Å². The minimum atomic E-state index is -0.484. The van der Waals surface area contributed by atoms with E-state index in [1.165, 1.54) is 0 Å². The Kier molecular flexibility index (Phi) is 2.31. The Morgan fingerprint density at radius 2 is 2.16 bits per heavy atom. The first-order chi connectivity index (χ1) is 8.68. The van der Waals surface area contributed by atoms with Crippen molar-refractivity contribution in [2.45, 2.75) is 39.7 Å². The Balaban J connectivity index is 1.75. The number of likely N-dealkylation sites (tertiary alicyclic amines) is 1. The van der Waals surface area contributed by atoms with E-state index in [1.54, 1.807) is 4.90 Å². The third-order valence-electron chi connectivity index (χ3n) is 5.01. The Morgan fingerprint density at radius 1 is 1.47 bits per heavy atom. The summed E-state index contributed by atoms with van der Waals surface area (Å²) in [5, 5.41) is 0. The van der Waals surface area contributed by atoms with E-state index in [0.29, 0.717) is 25.6 Å². The van der Waals surface area contributed by atoms with Crippen molar-refractivity contribution in [3.8, 4) is 0 Å². The molecular weight excluding hydrogens is 246 g/mol. The largest absolute Gasteiger partial charge is 0.465 e. The van der Waals surface area contributed by atoms with Gasteiger partial charge in [-0.25, -0.2) is 4.79 Å². The molecule has 5 heteroatoms. The molecule has 3 fully saturated rings. The van der Waals surface area contributed by atoms with Gasteiger partial charge in [-0.2, -0.15) is 0 Å². The number of rotatable bonds is 0. The minimum Gasteiger partial charge on any atom is -0.465 e. The first-order valence-electron chi connectivity index (χ1n) is 6.83. The summed E-state index contributed by atoms with van der Waals surface area (Å²) in [5.74, 6) is 0.270. The van der Waals surface area contributed by atoms with Crippen LogP contribution in [0.1, 0.15) is 34.1 Å². The van der Waals surface area contributed by atoms with E-state index >= 15 is 0 Å². The highest BCUT2D eigenvalue weighted by Gasteiger charge is 2.74. The van der Waals surface area contributed by atoms with Crippen LogP contribution in [0.15, 0.2) is 0 Å². The molecule has 2 heterocycles. The Bertz CT molecular complexity index is 455. The van der Waals surface area contributed by atoms with Crippen molar-refractivity contribution in [3.05, 3.63) is 0 Å². The number of hydrogen-bond acceptors (Lipinski definition) is 4. The van der Waals surface area contributed by atoms with Crippen molar-refractivity contribution in [2.75, 3.05) is 19.7 Å². The molecule has 2 saturated heterocycles. The van der Waals surface area contributed by atoms with Crippen molar-refractivity contribution in [3.63, 3.8) is 0 Å². The average Bonchev–Trinajstić information content (AvgIpc) is 2.66. The van der Waals surface area contributed by atoms with E-state index in [4.69, 9.17) is 9.47 Å². The number of ether oxygens (including phenoxy) is 2. The molecule has 1 amide bonds. The number of cyclic esters (lactones) is 1. The highest BCUT2D eigenvalue weighted by atomic mass is 16.6. The molecule has 0 bridgehead atoms. The Labute approximate surface area is 113 Å². The van der Waals surface area contributed by atoms with Crippen molar-refractivity contribution >= 4 is 12.1 Å². The molecule has 3 aliphatic rings. The molecule has 0 aromatic rings. The fourth-order valence-corrected chi connectivity index (χ4v) is 3.85. The molecule has 3 unspecified atom stereocenters. The van der Waals surface area contributed by atoms with Gasteiger partial charge in [-0.1, -0.05) is 0 Å². The van der Waals surface area contributed by atoms with Crippen molar-refractivity contribution in [1.82, 2.24) is 4.90 Å². The van der Waals surface area contributed by atoms with Gasteiger partial charge in [0.2, 0.25) is 0 Å². The normalized spacial score (nSPS) is 40.3. The van der Waals surface area contributed by atoms with Gasteiger partial charge in [0, 0.05) is 18.5 Å². The van der Waals surface area contributed by atoms with Crippen LogP contribution >= 0.6 is 0 Å². The van der Waals surface area contributed by atoms with E-state index in [-0.39, 0.29) is 17.5 Å². The van der Waals surface area contributed by atoms with Crippen LogP contribution in [0.5, 0.6) is 0 Å². The zero-order valence-corrected chi connectivity index (χ0v) is 12.0. The van der Waals surface area contributed by atoms with Gasteiger partial charge in [-0.3, -0.25) is 4.79 Å². The molecule has 5 nitrogen and oxygen atoms in total. The summed E-state index contributed by atoms with van der Waals surface area (Å²) < 4.78 is 10.7. The first-order valence-corrected chi connectivity index (χ1v) is 6.83. The lowest BCUT2D eigenvalue weighted by molar-refractivity contribution is -0.153. The lowest BCUT2D eigenvalue weighted by Crippen LogP contribution is -2.57. The lowest BCUT2D eigenvalue weighted by atomic mass is 9.47. The maximum atomic E-state index is 12.1. The summed E-state index contributed by atoms with van der Waals surface area (Å²) in [6.45, 7) is 9.26. The molecule has 106 valence electrons. The third-order valence-corrected chi connectivity index (χ3v) is 5.01. The van der Waals surface area contributed by atoms with E-state index in [1.807, 2.05) is 27.7 Å². The van der Waals surface area contributed by atoms with Gasteiger partial charge in [-0.05, 0) is 40.0 Å². The first kappa shape index (κ1) is 12.8. The number of hydrogen-bond donors (Lipinski definition) is 0. The summed E-state index contributed by atoms with van der Waals surface area (Å²) in [6.07, 6.45) is 0.545. The second kappa shape index (κ2) is 3.44. The molecular formula is C14H21NO4. The fourth-order valence-electron chi connectivity index (χ4n) is 3.85. The van der Waals surface area contributed by atoms with Gasteiger partial charge >= 0.3 is 12.1 Å². The molecule has 0 radical (unpaired) electrons. The SMILES string of the molecule is CC(C)(C)OC(=O)N1CC2CC3(C)C(=O)OCC23C1. The number of nitrogens with zero attached hydrogens (tertiary/aromatic N) is 1. The zero-order valence-electron chi connectivity index (χ0n) is 12.0. The van der Waals surface area contributed by atoms with Crippen LogP contribution in [0.25, 0.3) is 0 Å². The van der Waals surface area contributed by atoms with Crippen LogP contribution in [0.4, 0.5) is 4.79 Å². The number of amides is 1. The summed E-state index contributed by atoms with van der Waals surface area (Å²) >= 11 is 0. The van der Waals surface area contributed by atoms with Crippen LogP contribution in [-0.4, -0.2) is 42.3 Å². The van der Waals surface area contributed by atoms with Gasteiger partial charge in [0.15, 0.2) is 0 Å². The van der Waals surface area contributed by atoms with Crippen LogP contribution in [0.2, 0.25) is 0 Å². The van der Waals surface area contributed by atoms with Gasteiger partial charge in [0.25, 0.3) is 0 Å². The second-order valence-corrected chi connectivity index (χ2v) is 7.33. The number of carbonyl (C=O) groups excluding carboxylic acids is 2. The second-order valence-electron chi connectivity index (χ2n) is 7.33.